The van der Waals surface area contributed by atoms with Crippen molar-refractivity contribution in [2.45, 2.75) is 587 Å². The highest BCUT2D eigenvalue weighted by molar-refractivity contribution is 4.90. The monoisotopic (exact) mass is 1800 g/mol. The SMILES string of the molecule is CC(C)C1CCC(C)(O)CC1.CC(C)C1CCC(O)CC1.CC(C)C1CCCC(O)C1.CC(C)C1CCCC1.CC(C)C1CCCCC1.CC(C)C1CCCCC1(C)C.CC(C)C1CCCCC1O.CC(C)C1CCOC(C)(C)C1.CC(C)C1CCOCC1.CC(C)CC(C)(C)O.CC(C)CC(C)C.CC(C)CC1(C)CC1.CC(C)CC1CC1.CC(C)CC1CCC1. The van der Waals surface area contributed by atoms with Crippen LogP contribution >= 0.6 is 0 Å². The van der Waals surface area contributed by atoms with E-state index in [1.807, 2.05) is 20.8 Å². The number of aliphatic hydroxyl groups excluding tert-OH is 3. The van der Waals surface area contributed by atoms with Crippen molar-refractivity contribution in [3.8, 4) is 0 Å². The zero-order valence-corrected chi connectivity index (χ0v) is 94.2. The van der Waals surface area contributed by atoms with Crippen molar-refractivity contribution in [3.63, 3.8) is 0 Å². The molecule has 0 spiro atoms. The molecule has 0 bridgehead atoms. The van der Waals surface area contributed by atoms with E-state index < -0.39 is 5.60 Å². The van der Waals surface area contributed by atoms with Crippen LogP contribution in [0, 0.1) is 165 Å². The molecule has 6 unspecified atom stereocenters. The van der Waals surface area contributed by atoms with Crippen LogP contribution in [0.3, 0.4) is 0 Å². The molecule has 6 atom stereocenters. The van der Waals surface area contributed by atoms with Gasteiger partial charge in [-0.2, -0.15) is 0 Å². The van der Waals surface area contributed by atoms with Gasteiger partial charge in [-0.25, -0.2) is 0 Å². The van der Waals surface area contributed by atoms with E-state index in [0.29, 0.717) is 23.2 Å². The van der Waals surface area contributed by atoms with Gasteiger partial charge >= 0.3 is 0 Å². The van der Waals surface area contributed by atoms with Crippen LogP contribution in [-0.4, -0.2) is 80.5 Å². The fourth-order valence-electron chi connectivity index (χ4n) is 22.6. The van der Waals surface area contributed by atoms with Crippen molar-refractivity contribution in [2.24, 2.45) is 165 Å². The van der Waals surface area contributed by atoms with E-state index in [1.165, 1.54) is 238 Å². The van der Waals surface area contributed by atoms with Crippen molar-refractivity contribution in [1.82, 2.24) is 0 Å². The van der Waals surface area contributed by atoms with E-state index in [2.05, 4.69) is 242 Å². The zero-order chi connectivity index (χ0) is 97.6. The molecular formula is C120H244O7. The van der Waals surface area contributed by atoms with E-state index in [9.17, 15) is 25.5 Å². The van der Waals surface area contributed by atoms with Gasteiger partial charge in [-0.15, -0.1) is 0 Å². The third-order valence-corrected chi connectivity index (χ3v) is 31.6. The van der Waals surface area contributed by atoms with Crippen LogP contribution in [0.25, 0.3) is 0 Å². The number of hydrogen-bond donors (Lipinski definition) is 5. The molecule has 127 heavy (non-hydrogen) atoms. The maximum atomic E-state index is 9.67. The molecular weight excluding hydrogens is 1550 g/mol. The molecule has 12 aliphatic rings. The van der Waals surface area contributed by atoms with E-state index in [4.69, 9.17) is 9.47 Å². The van der Waals surface area contributed by atoms with Crippen molar-refractivity contribution in [3.05, 3.63) is 0 Å². The van der Waals surface area contributed by atoms with Gasteiger partial charge in [0, 0.05) is 19.8 Å². The summed E-state index contributed by atoms with van der Waals surface area (Å²) in [5.41, 5.74) is 0.688. The number of rotatable bonds is 19. The standard InChI is InChI=1S/C11H22.2C10H20O.3C9H18O.C9H18.C8H16O.3C8H16.C7H16O.C7H14.C7H16/c1-9(2)10-7-5-6-8-11(10,3)4;1-8(2)9-5-6-11-10(3,4)7-9;1-8(2)9-4-6-10(3,11)7-5-9;1-7(2)8-3-5-9(10)6-4-8;1-7(2)8-4-3-5-9(10)6-8;1-7(2)8-5-3-4-6-9(8)10;1-8(2)9-6-4-3-5-7-9;1-7(2)8-3-5-9-6-4-8;1-7(2)6-8(3)4-5-8;1-7(2)6-8-4-3-5-8;1-7(2)8-5-3-4-6-8;1-6(2)5-7(3,4)8;1-6(2)5-7-3-4-7;1-6(2)5-7(3)4/h9-10H,5-8H2,1-4H3;8-9H,5-7H2,1-4H3;8-9,11H,4-7H2,1-3H3;3*7-10H,3-6H2,1-2H3;8-9H,3-7H2,1-2H3;7-8H,3-6H2,1-2H3;7H,4-6H2,1-3H3;2*7-8H,3-6H2,1-2H3;6,8H,5H2,1-4H3;6-7H,3-5H2,1-2H3;6-7H,5H2,1-4H3. The first-order chi connectivity index (χ1) is 58.8. The Hall–Kier alpha value is -0.280. The average Bonchev–Trinajstić information content (AvgIpc) is 1.69. The quantitative estimate of drug-likeness (QED) is 0.0874. The fraction of sp³-hybridized carbons (Fsp3) is 1.00. The van der Waals surface area contributed by atoms with Gasteiger partial charge in [-0.05, 0) is 360 Å². The largest absolute Gasteiger partial charge is 0.393 e. The van der Waals surface area contributed by atoms with Crippen LogP contribution < -0.4 is 0 Å². The van der Waals surface area contributed by atoms with Gasteiger partial charge in [0.25, 0.3) is 0 Å². The van der Waals surface area contributed by atoms with Gasteiger partial charge in [-0.3, -0.25) is 0 Å². The van der Waals surface area contributed by atoms with Crippen LogP contribution in [0.1, 0.15) is 552 Å². The summed E-state index contributed by atoms with van der Waals surface area (Å²) in [6.07, 6.45) is 59.8. The van der Waals surface area contributed by atoms with Gasteiger partial charge < -0.3 is 35.0 Å². The summed E-state index contributed by atoms with van der Waals surface area (Å²) < 4.78 is 10.9. The summed E-state index contributed by atoms with van der Waals surface area (Å²) >= 11 is 0. The topological polar surface area (TPSA) is 120 Å². The summed E-state index contributed by atoms with van der Waals surface area (Å²) in [7, 11) is 0. The Morgan fingerprint density at radius 1 is 0.315 bits per heavy atom. The molecule has 0 aromatic heterocycles. The molecule has 12 fully saturated rings. The van der Waals surface area contributed by atoms with E-state index >= 15 is 0 Å². The van der Waals surface area contributed by atoms with Crippen LogP contribution in [0.15, 0.2) is 0 Å². The third-order valence-electron chi connectivity index (χ3n) is 31.6. The van der Waals surface area contributed by atoms with Gasteiger partial charge in [0.05, 0.1) is 35.1 Å². The third kappa shape index (κ3) is 71.8. The summed E-state index contributed by atoms with van der Waals surface area (Å²) in [6.45, 7) is 88.8. The number of aliphatic hydroxyl groups is 5. The Morgan fingerprint density at radius 2 is 0.701 bits per heavy atom. The highest BCUT2D eigenvalue weighted by Crippen LogP contribution is 2.50. The Kier molecular flexibility index (Phi) is 71.3. The van der Waals surface area contributed by atoms with E-state index in [1.54, 1.807) is 0 Å². The second-order valence-corrected chi connectivity index (χ2v) is 52.6. The predicted molar refractivity (Wildman–Crippen MR) is 566 cm³/mol. The summed E-state index contributed by atoms with van der Waals surface area (Å²) in [4.78, 5) is 0. The van der Waals surface area contributed by atoms with Crippen LogP contribution in [0.5, 0.6) is 0 Å². The normalized spacial score (nSPS) is 27.1. The minimum Gasteiger partial charge on any atom is -0.393 e. The average molecular weight is 1800 g/mol. The molecule has 0 aromatic rings. The molecule has 0 aromatic carbocycles. The molecule has 10 aliphatic carbocycles. The maximum absolute atomic E-state index is 9.67. The zero-order valence-electron chi connectivity index (χ0n) is 94.2. The molecule has 2 saturated heterocycles. The molecule has 0 radical (unpaired) electrons. The lowest BCUT2D eigenvalue weighted by Crippen LogP contribution is -2.35. The van der Waals surface area contributed by atoms with Crippen molar-refractivity contribution < 1.29 is 35.0 Å². The molecule has 2 aliphatic heterocycles. The Morgan fingerprint density at radius 3 is 0.969 bits per heavy atom. The van der Waals surface area contributed by atoms with Gasteiger partial charge in [-0.1, -0.05) is 357 Å². The molecule has 12 rings (SSSR count). The Labute approximate surface area is 801 Å². The van der Waals surface area contributed by atoms with Gasteiger partial charge in [0.1, 0.15) is 0 Å². The molecule has 2 heterocycles. The molecule has 5 N–H and O–H groups in total. The second kappa shape index (κ2) is 70.4. The lowest BCUT2D eigenvalue weighted by atomic mass is 9.65. The van der Waals surface area contributed by atoms with Gasteiger partial charge in [0.2, 0.25) is 0 Å². The van der Waals surface area contributed by atoms with E-state index in [0.717, 1.165) is 213 Å². The lowest BCUT2D eigenvalue weighted by Gasteiger charge is -2.41. The smallest absolute Gasteiger partial charge is 0.0629 e. The number of hydrogen-bond acceptors (Lipinski definition) is 7. The fourth-order valence-corrected chi connectivity index (χ4v) is 22.6. The highest BCUT2D eigenvalue weighted by Gasteiger charge is 2.38. The minimum absolute atomic E-state index is 0.00106. The van der Waals surface area contributed by atoms with Crippen LogP contribution in [0.2, 0.25) is 0 Å². The first-order valence-electron chi connectivity index (χ1n) is 56.5. The number of ether oxygens (including phenoxy) is 2. The van der Waals surface area contributed by atoms with Gasteiger partial charge in [0.15, 0.2) is 0 Å². The summed E-state index contributed by atoms with van der Waals surface area (Å²) in [5, 5.41) is 46.9. The van der Waals surface area contributed by atoms with Crippen LogP contribution in [0.4, 0.5) is 0 Å². The minimum atomic E-state index is -0.478. The molecule has 766 valence electrons. The predicted octanol–water partition coefficient (Wildman–Crippen LogP) is 36.6. The highest BCUT2D eigenvalue weighted by atomic mass is 16.5. The molecule has 7 heteroatoms. The summed E-state index contributed by atoms with van der Waals surface area (Å²) in [5.74, 6) is 22.8. The van der Waals surface area contributed by atoms with E-state index in [-0.39, 0.29) is 29.5 Å². The summed E-state index contributed by atoms with van der Waals surface area (Å²) in [6, 6.07) is 0. The van der Waals surface area contributed by atoms with Crippen molar-refractivity contribution in [1.29, 1.82) is 0 Å². The van der Waals surface area contributed by atoms with Crippen molar-refractivity contribution in [2.75, 3.05) is 19.8 Å². The Balaban J connectivity index is 0. The van der Waals surface area contributed by atoms with Crippen LogP contribution in [-0.2, 0) is 9.47 Å². The lowest BCUT2D eigenvalue weighted by molar-refractivity contribution is -0.0799. The Bertz CT molecular complexity index is 2350. The van der Waals surface area contributed by atoms with Crippen molar-refractivity contribution >= 4 is 0 Å². The first kappa shape index (κ1) is 129. The molecule has 0 amide bonds. The maximum Gasteiger partial charge on any atom is 0.0629 e. The molecule has 10 saturated carbocycles. The first-order valence-corrected chi connectivity index (χ1v) is 56.5. The second-order valence-electron chi connectivity index (χ2n) is 52.6. The molecule has 7 nitrogen and oxygen atoms in total.